The van der Waals surface area contributed by atoms with Gasteiger partial charge in [0.15, 0.2) is 5.82 Å². The molecule has 1 unspecified atom stereocenters. The standard InChI is InChI=1S/C27H31N3O3/c1-18-6-5-7-19(2)24(18)17-33-23-10-8-21(9-11-23)26-28-14-22-16-30(13-12-25(22)29-26)15-20(3)27(31)32-4/h5-11,14,20H,12-13,15-17H2,1-4H3. The molecule has 1 aliphatic heterocycles. The van der Waals surface area contributed by atoms with Gasteiger partial charge in [-0.25, -0.2) is 9.97 Å². The third kappa shape index (κ3) is 5.40. The number of hydrogen-bond donors (Lipinski definition) is 0. The van der Waals surface area contributed by atoms with Crippen molar-refractivity contribution < 1.29 is 14.3 Å². The van der Waals surface area contributed by atoms with Gasteiger partial charge in [0.05, 0.1) is 18.7 Å². The number of benzene rings is 2. The van der Waals surface area contributed by atoms with Gasteiger partial charge in [-0.15, -0.1) is 0 Å². The Morgan fingerprint density at radius 3 is 2.55 bits per heavy atom. The predicted molar refractivity (Wildman–Crippen MR) is 128 cm³/mol. The summed E-state index contributed by atoms with van der Waals surface area (Å²) in [5.41, 5.74) is 6.89. The van der Waals surface area contributed by atoms with Crippen molar-refractivity contribution in [2.24, 2.45) is 5.92 Å². The number of aryl methyl sites for hydroxylation is 2. The molecular formula is C27H31N3O3. The first-order valence-corrected chi connectivity index (χ1v) is 11.4. The van der Waals surface area contributed by atoms with Gasteiger partial charge < -0.3 is 9.47 Å². The molecule has 3 aromatic rings. The summed E-state index contributed by atoms with van der Waals surface area (Å²) >= 11 is 0. The Hall–Kier alpha value is -3.25. The Labute approximate surface area is 195 Å². The molecule has 0 spiro atoms. The molecule has 6 heteroatoms. The summed E-state index contributed by atoms with van der Waals surface area (Å²) in [4.78, 5) is 23.4. The zero-order chi connectivity index (χ0) is 23.4. The van der Waals surface area contributed by atoms with Crippen molar-refractivity contribution in [3.63, 3.8) is 0 Å². The molecule has 0 radical (unpaired) electrons. The van der Waals surface area contributed by atoms with Crippen molar-refractivity contribution in [3.05, 3.63) is 76.6 Å². The van der Waals surface area contributed by atoms with Gasteiger partial charge in [0.2, 0.25) is 0 Å². The highest BCUT2D eigenvalue weighted by molar-refractivity contribution is 5.72. The van der Waals surface area contributed by atoms with E-state index in [0.717, 1.165) is 47.9 Å². The van der Waals surface area contributed by atoms with Crippen LogP contribution in [0.4, 0.5) is 0 Å². The lowest BCUT2D eigenvalue weighted by Gasteiger charge is -2.29. The average molecular weight is 446 g/mol. The second-order valence-electron chi connectivity index (χ2n) is 8.76. The van der Waals surface area contributed by atoms with Crippen molar-refractivity contribution in [2.45, 2.75) is 40.3 Å². The van der Waals surface area contributed by atoms with E-state index in [0.29, 0.717) is 13.2 Å². The van der Waals surface area contributed by atoms with E-state index in [1.807, 2.05) is 37.4 Å². The summed E-state index contributed by atoms with van der Waals surface area (Å²) < 4.78 is 10.9. The normalized spacial score (nSPS) is 14.4. The zero-order valence-corrected chi connectivity index (χ0v) is 19.8. The Morgan fingerprint density at radius 1 is 1.12 bits per heavy atom. The number of carbonyl (C=O) groups excluding carboxylic acids is 1. The van der Waals surface area contributed by atoms with Crippen LogP contribution in [0.1, 0.15) is 34.9 Å². The third-order valence-electron chi connectivity index (χ3n) is 6.29. The average Bonchev–Trinajstić information content (AvgIpc) is 2.83. The molecule has 172 valence electrons. The molecule has 6 nitrogen and oxygen atoms in total. The predicted octanol–water partition coefficient (Wildman–Crippen LogP) is 4.51. The third-order valence-corrected chi connectivity index (χ3v) is 6.29. The summed E-state index contributed by atoms with van der Waals surface area (Å²) in [7, 11) is 1.43. The van der Waals surface area contributed by atoms with Crippen LogP contribution < -0.4 is 4.74 Å². The van der Waals surface area contributed by atoms with Crippen molar-refractivity contribution >= 4 is 5.97 Å². The van der Waals surface area contributed by atoms with E-state index >= 15 is 0 Å². The van der Waals surface area contributed by atoms with Gasteiger partial charge in [0.1, 0.15) is 12.4 Å². The van der Waals surface area contributed by atoms with Gasteiger partial charge in [0, 0.05) is 43.4 Å². The van der Waals surface area contributed by atoms with Crippen molar-refractivity contribution in [1.29, 1.82) is 0 Å². The van der Waals surface area contributed by atoms with Crippen molar-refractivity contribution in [1.82, 2.24) is 14.9 Å². The summed E-state index contributed by atoms with van der Waals surface area (Å²) in [6, 6.07) is 14.3. The summed E-state index contributed by atoms with van der Waals surface area (Å²) in [5, 5.41) is 0. The maximum absolute atomic E-state index is 11.7. The summed E-state index contributed by atoms with van der Waals surface area (Å²) in [6.07, 6.45) is 2.76. The Morgan fingerprint density at radius 2 is 1.85 bits per heavy atom. The maximum Gasteiger partial charge on any atom is 0.309 e. The van der Waals surface area contributed by atoms with Crippen LogP contribution >= 0.6 is 0 Å². The van der Waals surface area contributed by atoms with Gasteiger partial charge >= 0.3 is 5.97 Å². The lowest BCUT2D eigenvalue weighted by atomic mass is 10.0. The molecule has 0 N–H and O–H groups in total. The van der Waals surface area contributed by atoms with E-state index in [1.54, 1.807) is 0 Å². The van der Waals surface area contributed by atoms with Crippen LogP contribution in [-0.4, -0.2) is 41.0 Å². The van der Waals surface area contributed by atoms with Crippen LogP contribution in [0.15, 0.2) is 48.7 Å². The molecule has 0 fully saturated rings. The quantitative estimate of drug-likeness (QED) is 0.499. The van der Waals surface area contributed by atoms with Crippen LogP contribution in [0.5, 0.6) is 5.75 Å². The number of fused-ring (bicyclic) bond motifs is 1. The molecule has 4 rings (SSSR count). The number of hydrogen-bond acceptors (Lipinski definition) is 6. The molecular weight excluding hydrogens is 414 g/mol. The lowest BCUT2D eigenvalue weighted by molar-refractivity contribution is -0.145. The van der Waals surface area contributed by atoms with E-state index in [9.17, 15) is 4.79 Å². The van der Waals surface area contributed by atoms with E-state index in [2.05, 4.69) is 41.9 Å². The number of esters is 1. The van der Waals surface area contributed by atoms with Crippen LogP contribution in [0, 0.1) is 19.8 Å². The number of carbonyl (C=O) groups is 1. The van der Waals surface area contributed by atoms with E-state index in [-0.39, 0.29) is 11.9 Å². The van der Waals surface area contributed by atoms with Crippen LogP contribution in [0.3, 0.4) is 0 Å². The molecule has 2 aromatic carbocycles. The van der Waals surface area contributed by atoms with Gasteiger partial charge in [-0.3, -0.25) is 9.69 Å². The molecule has 2 heterocycles. The zero-order valence-electron chi connectivity index (χ0n) is 19.8. The van der Waals surface area contributed by atoms with Crippen LogP contribution in [0.25, 0.3) is 11.4 Å². The SMILES string of the molecule is COC(=O)C(C)CN1CCc2nc(-c3ccc(OCc4c(C)cccc4C)cc3)ncc2C1. The molecule has 1 aromatic heterocycles. The van der Waals surface area contributed by atoms with Gasteiger partial charge in [-0.2, -0.15) is 0 Å². The van der Waals surface area contributed by atoms with E-state index in [4.69, 9.17) is 14.5 Å². The van der Waals surface area contributed by atoms with E-state index < -0.39 is 0 Å². The maximum atomic E-state index is 11.7. The molecule has 1 atom stereocenters. The van der Waals surface area contributed by atoms with Crippen molar-refractivity contribution in [3.8, 4) is 17.1 Å². The molecule has 0 aliphatic carbocycles. The number of nitrogens with zero attached hydrogens (tertiary/aromatic N) is 3. The number of methoxy groups -OCH3 is 1. The molecule has 1 aliphatic rings. The van der Waals surface area contributed by atoms with Crippen LogP contribution in [0.2, 0.25) is 0 Å². The first-order chi connectivity index (χ1) is 15.9. The Balaban J connectivity index is 1.40. The molecule has 0 saturated carbocycles. The monoisotopic (exact) mass is 445 g/mol. The summed E-state index contributed by atoms with van der Waals surface area (Å²) in [6.45, 7) is 8.98. The van der Waals surface area contributed by atoms with E-state index in [1.165, 1.54) is 23.8 Å². The summed E-state index contributed by atoms with van der Waals surface area (Å²) in [5.74, 6) is 1.24. The minimum Gasteiger partial charge on any atom is -0.489 e. The fraction of sp³-hybridized carbons (Fsp3) is 0.370. The second kappa shape index (κ2) is 10.1. The largest absolute Gasteiger partial charge is 0.489 e. The number of rotatable bonds is 7. The molecule has 0 amide bonds. The lowest BCUT2D eigenvalue weighted by Crippen LogP contribution is -2.36. The molecule has 0 bridgehead atoms. The first-order valence-electron chi connectivity index (χ1n) is 11.4. The second-order valence-corrected chi connectivity index (χ2v) is 8.76. The fourth-order valence-corrected chi connectivity index (χ4v) is 4.26. The minimum atomic E-state index is -0.172. The smallest absolute Gasteiger partial charge is 0.309 e. The minimum absolute atomic E-state index is 0.146. The molecule has 33 heavy (non-hydrogen) atoms. The topological polar surface area (TPSA) is 64.5 Å². The first kappa shape index (κ1) is 22.9. The number of ether oxygens (including phenoxy) is 2. The van der Waals surface area contributed by atoms with Gasteiger partial charge in [-0.05, 0) is 54.8 Å². The fourth-order valence-electron chi connectivity index (χ4n) is 4.26. The highest BCUT2D eigenvalue weighted by atomic mass is 16.5. The van der Waals surface area contributed by atoms with Crippen LogP contribution in [-0.2, 0) is 29.1 Å². The highest BCUT2D eigenvalue weighted by Crippen LogP contribution is 2.24. The Bertz CT molecular complexity index is 1110. The van der Waals surface area contributed by atoms with Gasteiger partial charge in [0.25, 0.3) is 0 Å². The molecule has 0 saturated heterocycles. The highest BCUT2D eigenvalue weighted by Gasteiger charge is 2.23. The van der Waals surface area contributed by atoms with Gasteiger partial charge in [-0.1, -0.05) is 25.1 Å². The number of aromatic nitrogens is 2. The van der Waals surface area contributed by atoms with Crippen molar-refractivity contribution in [2.75, 3.05) is 20.2 Å². The Kier molecular flexibility index (Phi) is 7.04.